The minimum Gasteiger partial charge on any atom is -0.508 e. The van der Waals surface area contributed by atoms with Crippen LogP contribution < -0.4 is 10.3 Å². The lowest BCUT2D eigenvalue weighted by Gasteiger charge is -2.12. The van der Waals surface area contributed by atoms with Crippen molar-refractivity contribution in [1.29, 1.82) is 0 Å². The molecule has 0 bridgehead atoms. The van der Waals surface area contributed by atoms with E-state index in [1.165, 1.54) is 95.6 Å². The van der Waals surface area contributed by atoms with Crippen molar-refractivity contribution in [2.24, 2.45) is 5.92 Å². The normalized spacial score (nSPS) is 11.9. The third-order valence-corrected chi connectivity index (χ3v) is 5.54. The van der Waals surface area contributed by atoms with Crippen LogP contribution in [0.25, 0.3) is 0 Å². The van der Waals surface area contributed by atoms with E-state index in [1.807, 2.05) is 6.92 Å². The predicted molar refractivity (Wildman–Crippen MR) is 121 cm³/mol. The van der Waals surface area contributed by atoms with Gasteiger partial charge in [0.15, 0.2) is 5.75 Å². The van der Waals surface area contributed by atoms with Gasteiger partial charge in [0.1, 0.15) is 5.75 Å². The van der Waals surface area contributed by atoms with Crippen LogP contribution in [-0.4, -0.2) is 11.0 Å². The third kappa shape index (κ3) is 14.0. The summed E-state index contributed by atoms with van der Waals surface area (Å²) >= 11 is 0. The molecule has 0 aliphatic carbocycles. The van der Waals surface area contributed by atoms with Crippen LogP contribution in [0.4, 0.5) is 0 Å². The van der Waals surface area contributed by atoms with Gasteiger partial charge in [-0.2, -0.15) is 5.48 Å². The van der Waals surface area contributed by atoms with Crippen molar-refractivity contribution in [2.45, 2.75) is 110 Å². The largest absolute Gasteiger partial charge is 0.508 e. The molecule has 0 heterocycles. The number of carbonyl (C=O) groups is 1. The van der Waals surface area contributed by atoms with E-state index in [4.69, 9.17) is 4.84 Å². The van der Waals surface area contributed by atoms with Crippen molar-refractivity contribution >= 4 is 5.91 Å². The molecule has 1 aromatic rings. The summed E-state index contributed by atoms with van der Waals surface area (Å²) in [5, 5.41) is 9.24. The van der Waals surface area contributed by atoms with Gasteiger partial charge in [0.25, 0.3) is 5.91 Å². The van der Waals surface area contributed by atoms with Gasteiger partial charge < -0.3 is 9.94 Å². The molecule has 0 radical (unpaired) electrons. The first kappa shape index (κ1) is 25.3. The van der Waals surface area contributed by atoms with E-state index in [1.54, 1.807) is 12.1 Å². The van der Waals surface area contributed by atoms with Crippen molar-refractivity contribution in [3.8, 4) is 11.5 Å². The van der Waals surface area contributed by atoms with E-state index in [-0.39, 0.29) is 17.6 Å². The maximum atomic E-state index is 12.1. The van der Waals surface area contributed by atoms with E-state index in [9.17, 15) is 9.90 Å². The fourth-order valence-electron chi connectivity index (χ4n) is 3.50. The van der Waals surface area contributed by atoms with Crippen LogP contribution in [0.2, 0.25) is 0 Å². The first-order chi connectivity index (χ1) is 14.1. The number of hydrogen-bond donors (Lipinski definition) is 2. The lowest BCUT2D eigenvalue weighted by Crippen LogP contribution is -2.32. The smallest absolute Gasteiger partial charge is 0.255 e. The molecule has 29 heavy (non-hydrogen) atoms. The second kappa shape index (κ2) is 17.2. The van der Waals surface area contributed by atoms with Gasteiger partial charge in [0.05, 0.1) is 0 Å². The molecule has 2 N–H and O–H groups in total. The molecule has 0 spiro atoms. The monoisotopic (exact) mass is 405 g/mol. The van der Waals surface area contributed by atoms with E-state index in [2.05, 4.69) is 12.4 Å². The molecule has 0 fully saturated rings. The van der Waals surface area contributed by atoms with Gasteiger partial charge in [-0.15, -0.1) is 0 Å². The number of benzene rings is 1. The Bertz CT molecular complexity index is 515. The summed E-state index contributed by atoms with van der Waals surface area (Å²) in [5.41, 5.74) is 2.50. The number of hydroxylamine groups is 1. The molecule has 4 heteroatoms. The zero-order valence-corrected chi connectivity index (χ0v) is 18.8. The number of carbonyl (C=O) groups excluding carboxylic acids is 1. The summed E-state index contributed by atoms with van der Waals surface area (Å²) in [6, 6.07) is 6.29. The Labute approximate surface area is 178 Å². The van der Waals surface area contributed by atoms with Gasteiger partial charge in [-0.3, -0.25) is 4.79 Å². The highest BCUT2D eigenvalue weighted by Gasteiger charge is 2.12. The minimum absolute atomic E-state index is 0.0514. The molecule has 1 unspecified atom stereocenters. The highest BCUT2D eigenvalue weighted by atomic mass is 16.7. The second-order valence-electron chi connectivity index (χ2n) is 8.35. The van der Waals surface area contributed by atoms with Crippen LogP contribution in [0.1, 0.15) is 110 Å². The van der Waals surface area contributed by atoms with Gasteiger partial charge in [0.2, 0.25) is 0 Å². The lowest BCUT2D eigenvalue weighted by molar-refractivity contribution is -0.131. The first-order valence-corrected chi connectivity index (χ1v) is 11.9. The number of rotatable bonds is 18. The number of hydrogen-bond acceptors (Lipinski definition) is 3. The Balaban J connectivity index is 1.88. The Kier molecular flexibility index (Phi) is 15.0. The van der Waals surface area contributed by atoms with E-state index < -0.39 is 0 Å². The second-order valence-corrected chi connectivity index (χ2v) is 8.35. The van der Waals surface area contributed by atoms with Gasteiger partial charge >= 0.3 is 0 Å². The summed E-state index contributed by atoms with van der Waals surface area (Å²) in [6.07, 6.45) is 19.7. The molecule has 0 saturated heterocycles. The Morgan fingerprint density at radius 3 is 1.76 bits per heavy atom. The summed E-state index contributed by atoms with van der Waals surface area (Å²) < 4.78 is 0. The average Bonchev–Trinajstić information content (AvgIpc) is 2.73. The number of unbranched alkanes of at least 4 members (excludes halogenated alkanes) is 13. The molecule has 0 saturated carbocycles. The van der Waals surface area contributed by atoms with E-state index >= 15 is 0 Å². The van der Waals surface area contributed by atoms with Crippen LogP contribution in [0.3, 0.4) is 0 Å². The van der Waals surface area contributed by atoms with Crippen molar-refractivity contribution in [3.63, 3.8) is 0 Å². The molecular formula is C25H43NO3. The first-order valence-electron chi connectivity index (χ1n) is 11.9. The SMILES string of the molecule is CCCCCCCCCCCCCCCCC(C)C(=O)NOc1ccc(O)cc1. The number of aromatic hydroxyl groups is 1. The number of nitrogens with one attached hydrogen (secondary N) is 1. The molecule has 0 aliphatic rings. The van der Waals surface area contributed by atoms with Gasteiger partial charge in [0, 0.05) is 5.92 Å². The Morgan fingerprint density at radius 1 is 0.828 bits per heavy atom. The standard InChI is InChI=1S/C25H43NO3/c1-3-4-5-6-7-8-9-10-11-12-13-14-15-16-17-22(2)25(28)26-29-24-20-18-23(27)19-21-24/h18-22,27H,3-17H2,1-2H3,(H,26,28). The summed E-state index contributed by atoms with van der Waals surface area (Å²) in [7, 11) is 0. The van der Waals surface area contributed by atoms with Crippen molar-refractivity contribution in [1.82, 2.24) is 5.48 Å². The van der Waals surface area contributed by atoms with Crippen LogP contribution in [0, 0.1) is 5.92 Å². The van der Waals surface area contributed by atoms with Crippen LogP contribution in [-0.2, 0) is 4.79 Å². The highest BCUT2D eigenvalue weighted by molar-refractivity contribution is 5.77. The lowest BCUT2D eigenvalue weighted by atomic mass is 10.0. The van der Waals surface area contributed by atoms with Crippen molar-refractivity contribution in [2.75, 3.05) is 0 Å². The van der Waals surface area contributed by atoms with Crippen LogP contribution in [0.5, 0.6) is 11.5 Å². The molecule has 0 aromatic heterocycles. The molecule has 166 valence electrons. The Morgan fingerprint density at radius 2 is 1.28 bits per heavy atom. The third-order valence-electron chi connectivity index (χ3n) is 5.54. The zero-order chi connectivity index (χ0) is 21.2. The molecule has 1 rings (SSSR count). The minimum atomic E-state index is -0.0900. The van der Waals surface area contributed by atoms with E-state index in [0.717, 1.165) is 12.8 Å². The summed E-state index contributed by atoms with van der Waals surface area (Å²) in [5.74, 6) is 0.548. The fourth-order valence-corrected chi connectivity index (χ4v) is 3.50. The molecule has 1 amide bonds. The molecule has 0 aliphatic heterocycles. The van der Waals surface area contributed by atoms with E-state index in [0.29, 0.717) is 5.75 Å². The topological polar surface area (TPSA) is 58.6 Å². The van der Waals surface area contributed by atoms with Gasteiger partial charge in [-0.05, 0) is 30.7 Å². The molecular weight excluding hydrogens is 362 g/mol. The number of amides is 1. The number of phenols is 1. The fraction of sp³-hybridized carbons (Fsp3) is 0.720. The van der Waals surface area contributed by atoms with Crippen LogP contribution in [0.15, 0.2) is 24.3 Å². The number of phenolic OH excluding ortho intramolecular Hbond substituents is 1. The molecule has 4 nitrogen and oxygen atoms in total. The van der Waals surface area contributed by atoms with Crippen LogP contribution >= 0.6 is 0 Å². The quantitative estimate of drug-likeness (QED) is 0.199. The van der Waals surface area contributed by atoms with Gasteiger partial charge in [-0.25, -0.2) is 0 Å². The molecule has 1 aromatic carbocycles. The maximum Gasteiger partial charge on any atom is 0.255 e. The molecule has 1 atom stereocenters. The average molecular weight is 406 g/mol. The van der Waals surface area contributed by atoms with Crippen molar-refractivity contribution < 1.29 is 14.7 Å². The Hall–Kier alpha value is -1.71. The summed E-state index contributed by atoms with van der Waals surface area (Å²) in [4.78, 5) is 17.3. The summed E-state index contributed by atoms with van der Waals surface area (Å²) in [6.45, 7) is 4.21. The highest BCUT2D eigenvalue weighted by Crippen LogP contribution is 2.17. The predicted octanol–water partition coefficient (Wildman–Crippen LogP) is 7.31. The maximum absolute atomic E-state index is 12.1. The van der Waals surface area contributed by atoms with Gasteiger partial charge in [-0.1, -0.05) is 104 Å². The zero-order valence-electron chi connectivity index (χ0n) is 18.8. The van der Waals surface area contributed by atoms with Crippen molar-refractivity contribution in [3.05, 3.63) is 24.3 Å².